The number of sulfonamides is 1. The van der Waals surface area contributed by atoms with E-state index in [0.717, 1.165) is 12.1 Å². The maximum absolute atomic E-state index is 13.0. The van der Waals surface area contributed by atoms with Gasteiger partial charge in [-0.05, 0) is 54.4 Å². The number of hydrogen-bond donors (Lipinski definition) is 3. The summed E-state index contributed by atoms with van der Waals surface area (Å²) in [5, 5.41) is 0.0386. The fourth-order valence-corrected chi connectivity index (χ4v) is 5.02. The van der Waals surface area contributed by atoms with Crippen molar-refractivity contribution in [2.75, 3.05) is 4.72 Å². The molecule has 0 bridgehead atoms. The molecule has 3 N–H and O–H groups in total. The standard InChI is InChI=1S/C22H15ClF3N3O4S/c1-11-7-17-18(28-21(31)20(30)27-17)10-19(11)34(32,33)29-14-5-6-15(16(23)9-14)12-3-2-4-13(8-12)22(24,25)26/h2-10,29H,1H3,(H,27,30)(H,28,31). The molecule has 0 spiro atoms. The van der Waals surface area contributed by atoms with Crippen LogP contribution in [0.1, 0.15) is 11.1 Å². The second-order valence-corrected chi connectivity index (χ2v) is 9.51. The number of aryl methyl sites for hydroxylation is 1. The van der Waals surface area contributed by atoms with Gasteiger partial charge < -0.3 is 9.97 Å². The molecule has 0 saturated carbocycles. The second-order valence-electron chi connectivity index (χ2n) is 7.45. The molecule has 0 fully saturated rings. The molecule has 0 radical (unpaired) electrons. The van der Waals surface area contributed by atoms with Crippen LogP contribution >= 0.6 is 11.6 Å². The molecule has 0 saturated heterocycles. The highest BCUT2D eigenvalue weighted by Crippen LogP contribution is 2.35. The van der Waals surface area contributed by atoms with E-state index in [2.05, 4.69) is 14.7 Å². The summed E-state index contributed by atoms with van der Waals surface area (Å²) >= 11 is 6.26. The van der Waals surface area contributed by atoms with Crippen molar-refractivity contribution in [3.63, 3.8) is 0 Å². The van der Waals surface area contributed by atoms with Crippen LogP contribution in [0.2, 0.25) is 5.02 Å². The number of benzene rings is 3. The van der Waals surface area contributed by atoms with E-state index in [-0.39, 0.29) is 32.2 Å². The Balaban J connectivity index is 1.69. The molecular weight excluding hydrogens is 495 g/mol. The van der Waals surface area contributed by atoms with Gasteiger partial charge in [-0.25, -0.2) is 8.42 Å². The van der Waals surface area contributed by atoms with Gasteiger partial charge in [0.05, 0.1) is 32.2 Å². The van der Waals surface area contributed by atoms with Gasteiger partial charge in [0.15, 0.2) is 0 Å². The lowest BCUT2D eigenvalue weighted by atomic mass is 10.0. The molecule has 4 aromatic rings. The van der Waals surface area contributed by atoms with Crippen LogP contribution in [0, 0.1) is 6.92 Å². The van der Waals surface area contributed by atoms with Crippen molar-refractivity contribution in [3.8, 4) is 11.1 Å². The highest BCUT2D eigenvalue weighted by Gasteiger charge is 2.30. The Bertz CT molecular complexity index is 1660. The smallest absolute Gasteiger partial charge is 0.316 e. The van der Waals surface area contributed by atoms with Gasteiger partial charge >= 0.3 is 17.3 Å². The molecule has 0 aliphatic carbocycles. The highest BCUT2D eigenvalue weighted by molar-refractivity contribution is 7.92. The van der Waals surface area contributed by atoms with Crippen LogP contribution in [0.15, 0.2) is 69.1 Å². The molecule has 0 aliphatic rings. The van der Waals surface area contributed by atoms with Crippen molar-refractivity contribution < 1.29 is 21.6 Å². The first-order valence-electron chi connectivity index (χ1n) is 9.62. The summed E-state index contributed by atoms with van der Waals surface area (Å²) in [5.41, 5.74) is -1.36. The first kappa shape index (κ1) is 23.6. The van der Waals surface area contributed by atoms with E-state index in [4.69, 9.17) is 11.6 Å². The van der Waals surface area contributed by atoms with Gasteiger partial charge in [-0.2, -0.15) is 13.2 Å². The van der Waals surface area contributed by atoms with Crippen LogP contribution in [0.25, 0.3) is 22.2 Å². The first-order valence-corrected chi connectivity index (χ1v) is 11.5. The number of aromatic nitrogens is 2. The van der Waals surface area contributed by atoms with Crippen molar-refractivity contribution in [1.82, 2.24) is 9.97 Å². The first-order chi connectivity index (χ1) is 15.8. The number of H-pyrrole nitrogens is 2. The summed E-state index contributed by atoms with van der Waals surface area (Å²) in [5.74, 6) is 0. The van der Waals surface area contributed by atoms with Gasteiger partial charge in [0.1, 0.15) is 0 Å². The van der Waals surface area contributed by atoms with E-state index in [0.29, 0.717) is 11.1 Å². The molecule has 0 atom stereocenters. The Labute approximate surface area is 195 Å². The molecular formula is C22H15ClF3N3O4S. The summed E-state index contributed by atoms with van der Waals surface area (Å²) in [7, 11) is -4.15. The van der Waals surface area contributed by atoms with Gasteiger partial charge in [0.2, 0.25) is 0 Å². The summed E-state index contributed by atoms with van der Waals surface area (Å²) in [6.07, 6.45) is -4.52. The van der Waals surface area contributed by atoms with Gasteiger partial charge in [0.25, 0.3) is 10.0 Å². The predicted octanol–water partition coefficient (Wildman–Crippen LogP) is 4.66. The average molecular weight is 510 g/mol. The van der Waals surface area contributed by atoms with Crippen molar-refractivity contribution in [3.05, 3.63) is 91.5 Å². The summed E-state index contributed by atoms with van der Waals surface area (Å²) < 4.78 is 67.4. The van der Waals surface area contributed by atoms with Gasteiger partial charge in [-0.15, -0.1) is 0 Å². The number of halogens is 4. The normalized spacial score (nSPS) is 12.1. The van der Waals surface area contributed by atoms with Crippen LogP contribution in [-0.4, -0.2) is 18.4 Å². The second kappa shape index (κ2) is 8.33. The van der Waals surface area contributed by atoms with E-state index in [1.165, 1.54) is 49.4 Å². The molecule has 0 unspecified atom stereocenters. The predicted molar refractivity (Wildman–Crippen MR) is 123 cm³/mol. The average Bonchev–Trinajstić information content (AvgIpc) is 2.74. The minimum absolute atomic E-state index is 0.0386. The molecule has 4 rings (SSSR count). The quantitative estimate of drug-likeness (QED) is 0.347. The fraction of sp³-hybridized carbons (Fsp3) is 0.0909. The summed E-state index contributed by atoms with van der Waals surface area (Å²) in [4.78, 5) is 27.6. The number of anilines is 1. The SMILES string of the molecule is Cc1cc2[nH]c(=O)c(=O)[nH]c2cc1S(=O)(=O)Nc1ccc(-c2cccc(C(F)(F)F)c2)c(Cl)c1. The number of aromatic amines is 2. The molecule has 7 nitrogen and oxygen atoms in total. The summed E-state index contributed by atoms with van der Waals surface area (Å²) in [6, 6.07) is 11.3. The molecule has 1 aromatic heterocycles. The molecule has 1 heterocycles. The van der Waals surface area contributed by atoms with Crippen LogP contribution < -0.4 is 15.8 Å². The van der Waals surface area contributed by atoms with Crippen molar-refractivity contribution in [2.45, 2.75) is 18.0 Å². The van der Waals surface area contributed by atoms with E-state index in [9.17, 15) is 31.2 Å². The largest absolute Gasteiger partial charge is 0.416 e. The van der Waals surface area contributed by atoms with Gasteiger partial charge in [0, 0.05) is 5.56 Å². The van der Waals surface area contributed by atoms with Crippen LogP contribution in [0.5, 0.6) is 0 Å². The third-order valence-corrected chi connectivity index (χ3v) is 6.87. The van der Waals surface area contributed by atoms with Crippen molar-refractivity contribution in [1.29, 1.82) is 0 Å². The third-order valence-electron chi connectivity index (χ3n) is 5.03. The summed E-state index contributed by atoms with van der Waals surface area (Å²) in [6.45, 7) is 1.52. The highest BCUT2D eigenvalue weighted by atomic mass is 35.5. The maximum Gasteiger partial charge on any atom is 0.416 e. The Morgan fingerprint density at radius 3 is 2.18 bits per heavy atom. The molecule has 0 aliphatic heterocycles. The minimum Gasteiger partial charge on any atom is -0.316 e. The molecule has 176 valence electrons. The lowest BCUT2D eigenvalue weighted by molar-refractivity contribution is -0.137. The van der Waals surface area contributed by atoms with Crippen molar-refractivity contribution in [2.24, 2.45) is 0 Å². The van der Waals surface area contributed by atoms with E-state index in [1.807, 2.05) is 0 Å². The van der Waals surface area contributed by atoms with E-state index in [1.54, 1.807) is 0 Å². The number of fused-ring (bicyclic) bond motifs is 1. The Kier molecular flexibility index (Phi) is 5.78. The maximum atomic E-state index is 13.0. The van der Waals surface area contributed by atoms with Crippen LogP contribution in [0.3, 0.4) is 0 Å². The number of hydrogen-bond acceptors (Lipinski definition) is 4. The topological polar surface area (TPSA) is 112 Å². The van der Waals surface area contributed by atoms with E-state index >= 15 is 0 Å². The Morgan fingerprint density at radius 1 is 0.912 bits per heavy atom. The lowest BCUT2D eigenvalue weighted by Crippen LogP contribution is -2.29. The number of rotatable bonds is 4. The van der Waals surface area contributed by atoms with Gasteiger partial charge in [-0.3, -0.25) is 14.3 Å². The molecule has 34 heavy (non-hydrogen) atoms. The van der Waals surface area contributed by atoms with E-state index < -0.39 is 32.9 Å². The minimum atomic E-state index is -4.52. The zero-order chi connectivity index (χ0) is 24.8. The molecule has 0 amide bonds. The lowest BCUT2D eigenvalue weighted by Gasteiger charge is -2.14. The van der Waals surface area contributed by atoms with Crippen molar-refractivity contribution >= 4 is 38.3 Å². The number of nitrogens with one attached hydrogen (secondary N) is 3. The monoisotopic (exact) mass is 509 g/mol. The third kappa shape index (κ3) is 4.57. The zero-order valence-electron chi connectivity index (χ0n) is 17.2. The van der Waals surface area contributed by atoms with Crippen LogP contribution in [-0.2, 0) is 16.2 Å². The fourth-order valence-electron chi connectivity index (χ4n) is 3.43. The van der Waals surface area contributed by atoms with Crippen LogP contribution in [0.4, 0.5) is 18.9 Å². The zero-order valence-corrected chi connectivity index (χ0v) is 18.8. The van der Waals surface area contributed by atoms with Gasteiger partial charge in [-0.1, -0.05) is 29.8 Å². The molecule has 12 heteroatoms. The number of alkyl halides is 3. The molecule has 3 aromatic carbocycles. The Morgan fingerprint density at radius 2 is 1.56 bits per heavy atom. The Hall–Kier alpha value is -3.57.